The first kappa shape index (κ1) is 17.5. The summed E-state index contributed by atoms with van der Waals surface area (Å²) in [6.45, 7) is 3.14. The third-order valence-corrected chi connectivity index (χ3v) is 3.56. The zero-order valence-electron chi connectivity index (χ0n) is 11.3. The molecule has 0 radical (unpaired) electrons. The Labute approximate surface area is 136 Å². The molecule has 0 heterocycles. The Kier molecular flexibility index (Phi) is 8.97. The van der Waals surface area contributed by atoms with E-state index in [1.807, 2.05) is 0 Å². The number of ether oxygens (including phenoxy) is 1. The topological polar surface area (TPSA) is 12.5 Å². The van der Waals surface area contributed by atoms with Crippen LogP contribution in [0.3, 0.4) is 0 Å². The lowest BCUT2D eigenvalue weighted by molar-refractivity contribution is 0.252. The quantitative estimate of drug-likeness (QED) is 0.417. The van der Waals surface area contributed by atoms with Crippen LogP contribution in [0, 0.1) is 12.3 Å². The average molecular weight is 332 g/mol. The molecular formula is C15H19Cl2NOS. The molecule has 0 aliphatic heterocycles. The van der Waals surface area contributed by atoms with Crippen molar-refractivity contribution >= 4 is 35.8 Å². The van der Waals surface area contributed by atoms with Gasteiger partial charge in [-0.1, -0.05) is 29.1 Å². The van der Waals surface area contributed by atoms with Crippen LogP contribution in [0.2, 0.25) is 10.0 Å². The molecule has 0 atom stereocenters. The monoisotopic (exact) mass is 331 g/mol. The maximum Gasteiger partial charge on any atom is 0.137 e. The van der Waals surface area contributed by atoms with Crippen molar-refractivity contribution in [1.82, 2.24) is 4.90 Å². The molecule has 0 N–H and O–H groups in total. The molecule has 5 heteroatoms. The summed E-state index contributed by atoms with van der Waals surface area (Å²) in [5.41, 5.74) is 0. The minimum atomic E-state index is 0.535. The van der Waals surface area contributed by atoms with Crippen molar-refractivity contribution in [1.29, 1.82) is 0 Å². The number of nitrogens with zero attached hydrogens (tertiary/aromatic N) is 1. The Morgan fingerprint density at radius 1 is 1.25 bits per heavy atom. The van der Waals surface area contributed by atoms with Gasteiger partial charge in [0.05, 0.1) is 18.2 Å². The highest BCUT2D eigenvalue weighted by molar-refractivity contribution is 7.80. The predicted molar refractivity (Wildman–Crippen MR) is 90.3 cm³/mol. The second kappa shape index (κ2) is 10.2. The van der Waals surface area contributed by atoms with Crippen molar-refractivity contribution in [2.75, 3.05) is 32.0 Å². The Morgan fingerprint density at radius 2 is 2.00 bits per heavy atom. The van der Waals surface area contributed by atoms with Gasteiger partial charge < -0.3 is 4.74 Å². The lowest BCUT2D eigenvalue weighted by Crippen LogP contribution is -2.27. The van der Waals surface area contributed by atoms with Crippen LogP contribution >= 0.6 is 35.8 Å². The number of benzene rings is 1. The molecule has 0 saturated carbocycles. The summed E-state index contributed by atoms with van der Waals surface area (Å²) in [7, 11) is 0. The fourth-order valence-corrected chi connectivity index (χ4v) is 2.36. The van der Waals surface area contributed by atoms with Crippen LogP contribution in [0.5, 0.6) is 5.75 Å². The molecule has 0 saturated heterocycles. The van der Waals surface area contributed by atoms with E-state index in [1.165, 1.54) is 0 Å². The van der Waals surface area contributed by atoms with Gasteiger partial charge in [0.25, 0.3) is 0 Å². The molecule has 20 heavy (non-hydrogen) atoms. The summed E-state index contributed by atoms with van der Waals surface area (Å²) < 4.78 is 5.64. The summed E-state index contributed by atoms with van der Waals surface area (Å²) in [5, 5.41) is 1.14. The van der Waals surface area contributed by atoms with Gasteiger partial charge in [0.2, 0.25) is 0 Å². The van der Waals surface area contributed by atoms with Gasteiger partial charge in [-0.05, 0) is 43.3 Å². The van der Waals surface area contributed by atoms with E-state index in [0.717, 1.165) is 31.7 Å². The van der Waals surface area contributed by atoms with Crippen LogP contribution < -0.4 is 4.74 Å². The van der Waals surface area contributed by atoms with E-state index in [9.17, 15) is 0 Å². The molecule has 0 fully saturated rings. The Balaban J connectivity index is 2.30. The molecule has 0 unspecified atom stereocenters. The third kappa shape index (κ3) is 6.76. The average Bonchev–Trinajstić information content (AvgIpc) is 2.42. The van der Waals surface area contributed by atoms with E-state index >= 15 is 0 Å². The molecule has 0 aromatic heterocycles. The Bertz CT molecular complexity index is 448. The molecule has 0 spiro atoms. The van der Waals surface area contributed by atoms with Gasteiger partial charge in [0.1, 0.15) is 5.75 Å². The van der Waals surface area contributed by atoms with Crippen molar-refractivity contribution < 1.29 is 4.74 Å². The van der Waals surface area contributed by atoms with Gasteiger partial charge in [-0.2, -0.15) is 12.6 Å². The first-order chi connectivity index (χ1) is 9.67. The van der Waals surface area contributed by atoms with Gasteiger partial charge in [0.15, 0.2) is 0 Å². The number of terminal acetylenes is 1. The SMILES string of the molecule is C#CCN(CCCS)CCCOc1ccc(Cl)cc1Cl. The summed E-state index contributed by atoms with van der Waals surface area (Å²) in [5.74, 6) is 4.21. The zero-order valence-corrected chi connectivity index (χ0v) is 13.7. The third-order valence-electron chi connectivity index (χ3n) is 2.72. The molecule has 2 nitrogen and oxygen atoms in total. The van der Waals surface area contributed by atoms with E-state index in [2.05, 4.69) is 23.4 Å². The lowest BCUT2D eigenvalue weighted by Gasteiger charge is -2.19. The van der Waals surface area contributed by atoms with E-state index in [-0.39, 0.29) is 0 Å². The molecule has 1 rings (SSSR count). The molecule has 0 amide bonds. The first-order valence-corrected chi connectivity index (χ1v) is 7.90. The van der Waals surface area contributed by atoms with Gasteiger partial charge in [-0.25, -0.2) is 0 Å². The normalized spacial score (nSPS) is 10.6. The van der Waals surface area contributed by atoms with Crippen LogP contribution in [-0.4, -0.2) is 36.9 Å². The van der Waals surface area contributed by atoms with Crippen molar-refractivity contribution in [3.8, 4) is 18.1 Å². The van der Waals surface area contributed by atoms with Crippen LogP contribution in [0.25, 0.3) is 0 Å². The molecular weight excluding hydrogens is 313 g/mol. The first-order valence-electron chi connectivity index (χ1n) is 6.52. The van der Waals surface area contributed by atoms with Crippen molar-refractivity contribution in [3.05, 3.63) is 28.2 Å². The van der Waals surface area contributed by atoms with Crippen LogP contribution in [0.15, 0.2) is 18.2 Å². The van der Waals surface area contributed by atoms with Crippen LogP contribution in [0.1, 0.15) is 12.8 Å². The highest BCUT2D eigenvalue weighted by Gasteiger charge is 2.05. The maximum atomic E-state index is 6.03. The van der Waals surface area contributed by atoms with E-state index in [4.69, 9.17) is 34.4 Å². The summed E-state index contributed by atoms with van der Waals surface area (Å²) in [6.07, 6.45) is 7.29. The largest absolute Gasteiger partial charge is 0.492 e. The predicted octanol–water partition coefficient (Wildman–Crippen LogP) is 4.02. The molecule has 1 aromatic carbocycles. The van der Waals surface area contributed by atoms with Crippen LogP contribution in [0.4, 0.5) is 0 Å². The maximum absolute atomic E-state index is 6.03. The van der Waals surface area contributed by atoms with Crippen molar-refractivity contribution in [2.24, 2.45) is 0 Å². The van der Waals surface area contributed by atoms with Gasteiger partial charge in [0, 0.05) is 11.6 Å². The standard InChI is InChI=1S/C15H19Cl2NOS/c1-2-7-18(9-4-11-20)8-3-10-19-15-6-5-13(16)12-14(15)17/h1,5-6,12,20H,3-4,7-11H2. The van der Waals surface area contributed by atoms with E-state index in [1.54, 1.807) is 18.2 Å². The molecule has 0 bridgehead atoms. The molecule has 1 aromatic rings. The van der Waals surface area contributed by atoms with Crippen LogP contribution in [-0.2, 0) is 0 Å². The second-order valence-electron chi connectivity index (χ2n) is 4.33. The van der Waals surface area contributed by atoms with Crippen molar-refractivity contribution in [3.63, 3.8) is 0 Å². The molecule has 0 aliphatic rings. The van der Waals surface area contributed by atoms with Gasteiger partial charge >= 0.3 is 0 Å². The smallest absolute Gasteiger partial charge is 0.137 e. The second-order valence-corrected chi connectivity index (χ2v) is 5.63. The summed E-state index contributed by atoms with van der Waals surface area (Å²) in [4.78, 5) is 2.23. The summed E-state index contributed by atoms with van der Waals surface area (Å²) in [6, 6.07) is 5.22. The lowest BCUT2D eigenvalue weighted by atomic mass is 10.3. The minimum Gasteiger partial charge on any atom is -0.492 e. The number of hydrogen-bond acceptors (Lipinski definition) is 3. The van der Waals surface area contributed by atoms with Crippen molar-refractivity contribution in [2.45, 2.75) is 12.8 Å². The summed E-state index contributed by atoms with van der Waals surface area (Å²) >= 11 is 16.1. The zero-order chi connectivity index (χ0) is 14.8. The fourth-order valence-electron chi connectivity index (χ4n) is 1.76. The number of rotatable bonds is 9. The van der Waals surface area contributed by atoms with E-state index < -0.39 is 0 Å². The van der Waals surface area contributed by atoms with Gasteiger partial charge in [-0.3, -0.25) is 4.90 Å². The fraction of sp³-hybridized carbons (Fsp3) is 0.467. The number of thiol groups is 1. The Hall–Kier alpha value is -0.530. The Morgan fingerprint density at radius 3 is 2.65 bits per heavy atom. The molecule has 0 aliphatic carbocycles. The highest BCUT2D eigenvalue weighted by Crippen LogP contribution is 2.27. The highest BCUT2D eigenvalue weighted by atomic mass is 35.5. The molecule has 110 valence electrons. The van der Waals surface area contributed by atoms with E-state index in [0.29, 0.717) is 28.9 Å². The number of halogens is 2. The minimum absolute atomic E-state index is 0.535. The number of hydrogen-bond donors (Lipinski definition) is 1. The van der Waals surface area contributed by atoms with Gasteiger partial charge in [-0.15, -0.1) is 6.42 Å².